The normalized spacial score (nSPS) is 12.2. The van der Waals surface area contributed by atoms with Crippen LogP contribution in [0.15, 0.2) is 29.2 Å². The summed E-state index contributed by atoms with van der Waals surface area (Å²) in [5, 5.41) is 2.91. The minimum Gasteiger partial charge on any atom is -0.330 e. The highest BCUT2D eigenvalue weighted by molar-refractivity contribution is 7.98. The van der Waals surface area contributed by atoms with Crippen LogP contribution < -0.4 is 11.1 Å². The molecule has 1 unspecified atom stereocenters. The number of hydrogen-bond donors (Lipinski definition) is 2. The molecule has 17 heavy (non-hydrogen) atoms. The molecular weight excluding hydrogens is 232 g/mol. The molecular formula is C13H20N2OS. The van der Waals surface area contributed by atoms with Gasteiger partial charge in [0.1, 0.15) is 0 Å². The lowest BCUT2D eigenvalue weighted by Crippen LogP contribution is -2.21. The lowest BCUT2D eigenvalue weighted by atomic mass is 10.0. The van der Waals surface area contributed by atoms with Crippen LogP contribution in [0.2, 0.25) is 0 Å². The maximum atomic E-state index is 11.8. The van der Waals surface area contributed by atoms with Crippen molar-refractivity contribution in [1.29, 1.82) is 0 Å². The average molecular weight is 252 g/mol. The van der Waals surface area contributed by atoms with Gasteiger partial charge in [-0.05, 0) is 36.9 Å². The molecule has 0 saturated heterocycles. The first-order valence-corrected chi connectivity index (χ1v) is 7.06. The summed E-state index contributed by atoms with van der Waals surface area (Å²) in [4.78, 5) is 12.9. The number of rotatable bonds is 6. The van der Waals surface area contributed by atoms with E-state index in [1.54, 1.807) is 11.8 Å². The highest BCUT2D eigenvalue weighted by atomic mass is 32.2. The molecule has 0 radical (unpaired) electrons. The van der Waals surface area contributed by atoms with Crippen molar-refractivity contribution in [3.05, 3.63) is 24.3 Å². The summed E-state index contributed by atoms with van der Waals surface area (Å²) in [6, 6.07) is 7.85. The van der Waals surface area contributed by atoms with Crippen LogP contribution in [-0.4, -0.2) is 18.7 Å². The second kappa shape index (κ2) is 7.35. The van der Waals surface area contributed by atoms with Gasteiger partial charge in [0.05, 0.1) is 0 Å². The Morgan fingerprint density at radius 2 is 2.29 bits per heavy atom. The van der Waals surface area contributed by atoms with E-state index in [1.165, 1.54) is 0 Å². The summed E-state index contributed by atoms with van der Waals surface area (Å²) < 4.78 is 0. The van der Waals surface area contributed by atoms with Gasteiger partial charge < -0.3 is 11.1 Å². The molecule has 1 atom stereocenters. The maximum absolute atomic E-state index is 11.8. The predicted octanol–water partition coefficient (Wildman–Crippen LogP) is 2.72. The first-order chi connectivity index (χ1) is 8.19. The molecule has 4 heteroatoms. The molecule has 0 bridgehead atoms. The maximum Gasteiger partial charge on any atom is 0.224 e. The Hall–Kier alpha value is -1.00. The van der Waals surface area contributed by atoms with E-state index in [-0.39, 0.29) is 11.8 Å². The fourth-order valence-corrected chi connectivity index (χ4v) is 2.03. The first kappa shape index (κ1) is 14.1. The number of carbonyl (C=O) groups excluding carboxylic acids is 1. The summed E-state index contributed by atoms with van der Waals surface area (Å²) in [5.74, 6) is 0.319. The van der Waals surface area contributed by atoms with Gasteiger partial charge in [-0.1, -0.05) is 19.4 Å². The Labute approximate surface area is 107 Å². The van der Waals surface area contributed by atoms with E-state index in [0.717, 1.165) is 17.0 Å². The molecule has 1 rings (SSSR count). The Kier molecular flexibility index (Phi) is 6.08. The summed E-state index contributed by atoms with van der Waals surface area (Å²) in [6.07, 6.45) is 3.45. The quantitative estimate of drug-likeness (QED) is 0.765. The highest BCUT2D eigenvalue weighted by Crippen LogP contribution is 2.19. The number of nitrogens with two attached hydrogens (primary N) is 1. The van der Waals surface area contributed by atoms with Crippen LogP contribution in [0.5, 0.6) is 0 Å². The van der Waals surface area contributed by atoms with Gasteiger partial charge >= 0.3 is 0 Å². The van der Waals surface area contributed by atoms with E-state index in [4.69, 9.17) is 5.73 Å². The molecule has 0 heterocycles. The lowest BCUT2D eigenvalue weighted by Gasteiger charge is -2.12. The molecule has 0 saturated carbocycles. The van der Waals surface area contributed by atoms with Gasteiger partial charge in [-0.15, -0.1) is 11.8 Å². The van der Waals surface area contributed by atoms with Gasteiger partial charge in [0, 0.05) is 17.0 Å². The molecule has 0 fully saturated rings. The number of carbonyl (C=O) groups is 1. The van der Waals surface area contributed by atoms with Gasteiger partial charge in [0.2, 0.25) is 5.91 Å². The van der Waals surface area contributed by atoms with Crippen LogP contribution >= 0.6 is 11.8 Å². The predicted molar refractivity (Wildman–Crippen MR) is 74.3 cm³/mol. The van der Waals surface area contributed by atoms with Gasteiger partial charge in [0.15, 0.2) is 0 Å². The molecule has 1 aromatic carbocycles. The summed E-state index contributed by atoms with van der Waals surface area (Å²) in [5.41, 5.74) is 6.44. The minimum atomic E-state index is 0.0422. The Morgan fingerprint density at radius 3 is 2.88 bits per heavy atom. The largest absolute Gasteiger partial charge is 0.330 e. The zero-order valence-electron chi connectivity index (χ0n) is 10.4. The third kappa shape index (κ3) is 4.79. The van der Waals surface area contributed by atoms with Crippen molar-refractivity contribution in [3.8, 4) is 0 Å². The summed E-state index contributed by atoms with van der Waals surface area (Å²) in [6.45, 7) is 2.62. The van der Waals surface area contributed by atoms with Gasteiger partial charge in [-0.3, -0.25) is 4.79 Å². The molecule has 94 valence electrons. The zero-order chi connectivity index (χ0) is 12.7. The van der Waals surface area contributed by atoms with E-state index in [1.807, 2.05) is 30.5 Å². The van der Waals surface area contributed by atoms with Gasteiger partial charge in [-0.25, -0.2) is 0 Å². The third-order valence-corrected chi connectivity index (χ3v) is 3.46. The molecule has 3 nitrogen and oxygen atoms in total. The SMILES string of the molecule is CCC(CN)CC(=O)Nc1cccc(SC)c1. The van der Waals surface area contributed by atoms with E-state index in [9.17, 15) is 4.79 Å². The van der Waals surface area contributed by atoms with Crippen LogP contribution in [0.25, 0.3) is 0 Å². The van der Waals surface area contributed by atoms with Crippen LogP contribution in [0.3, 0.4) is 0 Å². The van der Waals surface area contributed by atoms with Gasteiger partial charge in [0.25, 0.3) is 0 Å². The molecule has 0 aliphatic carbocycles. The van der Waals surface area contributed by atoms with Crippen LogP contribution in [0.4, 0.5) is 5.69 Å². The fourth-order valence-electron chi connectivity index (χ4n) is 1.57. The number of benzene rings is 1. The standard InChI is InChI=1S/C13H20N2OS/c1-3-10(9-14)7-13(16)15-11-5-4-6-12(8-11)17-2/h4-6,8,10H,3,7,9,14H2,1-2H3,(H,15,16). The van der Waals surface area contributed by atoms with Crippen LogP contribution in [0.1, 0.15) is 19.8 Å². The Bertz CT molecular complexity index is 364. The number of anilines is 1. The van der Waals surface area contributed by atoms with Crippen molar-refractivity contribution >= 4 is 23.4 Å². The first-order valence-electron chi connectivity index (χ1n) is 5.83. The number of thioether (sulfide) groups is 1. The zero-order valence-corrected chi connectivity index (χ0v) is 11.2. The molecule has 0 aromatic heterocycles. The minimum absolute atomic E-state index is 0.0422. The molecule has 0 spiro atoms. The second-order valence-corrected chi connectivity index (χ2v) is 4.87. The van der Waals surface area contributed by atoms with Crippen molar-refractivity contribution in [1.82, 2.24) is 0 Å². The smallest absolute Gasteiger partial charge is 0.224 e. The van der Waals surface area contributed by atoms with E-state index < -0.39 is 0 Å². The van der Waals surface area contributed by atoms with Crippen molar-refractivity contribution in [2.24, 2.45) is 11.7 Å². The lowest BCUT2D eigenvalue weighted by molar-refractivity contribution is -0.117. The van der Waals surface area contributed by atoms with E-state index >= 15 is 0 Å². The molecule has 1 aromatic rings. The third-order valence-electron chi connectivity index (χ3n) is 2.74. The summed E-state index contributed by atoms with van der Waals surface area (Å²) in [7, 11) is 0. The number of amides is 1. The Balaban J connectivity index is 2.55. The highest BCUT2D eigenvalue weighted by Gasteiger charge is 2.10. The van der Waals surface area contributed by atoms with Crippen molar-refractivity contribution in [2.75, 3.05) is 18.1 Å². The number of hydrogen-bond acceptors (Lipinski definition) is 3. The topological polar surface area (TPSA) is 55.1 Å². The van der Waals surface area contributed by atoms with Crippen LogP contribution in [-0.2, 0) is 4.79 Å². The monoisotopic (exact) mass is 252 g/mol. The van der Waals surface area contributed by atoms with Crippen molar-refractivity contribution in [2.45, 2.75) is 24.7 Å². The average Bonchev–Trinajstić information content (AvgIpc) is 2.36. The second-order valence-electron chi connectivity index (χ2n) is 3.99. The number of nitrogens with one attached hydrogen (secondary N) is 1. The molecule has 0 aliphatic rings. The van der Waals surface area contributed by atoms with Crippen molar-refractivity contribution in [3.63, 3.8) is 0 Å². The van der Waals surface area contributed by atoms with Crippen molar-refractivity contribution < 1.29 is 4.79 Å². The summed E-state index contributed by atoms with van der Waals surface area (Å²) >= 11 is 1.66. The van der Waals surface area contributed by atoms with Gasteiger partial charge in [-0.2, -0.15) is 0 Å². The molecule has 1 amide bonds. The molecule has 0 aliphatic heterocycles. The molecule has 3 N–H and O–H groups in total. The fraction of sp³-hybridized carbons (Fsp3) is 0.462. The van der Waals surface area contributed by atoms with Crippen LogP contribution in [0, 0.1) is 5.92 Å². The van der Waals surface area contributed by atoms with E-state index in [2.05, 4.69) is 12.2 Å². The van der Waals surface area contributed by atoms with E-state index in [0.29, 0.717) is 13.0 Å². The Morgan fingerprint density at radius 1 is 1.53 bits per heavy atom.